The number of thiocarbonyl (C=S) groups is 1. The Balaban J connectivity index is 1.98. The molecule has 24 heavy (non-hydrogen) atoms. The summed E-state index contributed by atoms with van der Waals surface area (Å²) < 4.78 is 43.1. The van der Waals surface area contributed by atoms with Gasteiger partial charge < -0.3 is 10.1 Å². The van der Waals surface area contributed by atoms with Gasteiger partial charge in [0.2, 0.25) is 0 Å². The normalized spacial score (nSPS) is 11.3. The first-order chi connectivity index (χ1) is 11.4. The van der Waals surface area contributed by atoms with E-state index in [2.05, 4.69) is 15.8 Å². The van der Waals surface area contributed by atoms with Crippen molar-refractivity contribution in [3.63, 3.8) is 0 Å². The van der Waals surface area contributed by atoms with Crippen molar-refractivity contribution in [1.82, 2.24) is 5.43 Å². The van der Waals surface area contributed by atoms with Crippen LogP contribution >= 0.6 is 12.2 Å². The van der Waals surface area contributed by atoms with Gasteiger partial charge in [0.05, 0.1) is 24.6 Å². The molecule has 2 N–H and O–H groups in total. The summed E-state index contributed by atoms with van der Waals surface area (Å²) in [6.07, 6.45) is -3.14. The molecule has 0 aliphatic rings. The molecule has 0 amide bonds. The lowest BCUT2D eigenvalue weighted by atomic mass is 10.1. The van der Waals surface area contributed by atoms with E-state index in [1.165, 1.54) is 25.5 Å². The Morgan fingerprint density at radius 2 is 1.92 bits per heavy atom. The number of nitrogens with one attached hydrogen (secondary N) is 2. The van der Waals surface area contributed by atoms with Gasteiger partial charge in [0, 0.05) is 0 Å². The van der Waals surface area contributed by atoms with Crippen molar-refractivity contribution in [2.24, 2.45) is 5.10 Å². The van der Waals surface area contributed by atoms with Gasteiger partial charge in [-0.05, 0) is 42.0 Å². The number of para-hydroxylation sites is 2. The zero-order valence-electron chi connectivity index (χ0n) is 12.6. The van der Waals surface area contributed by atoms with Gasteiger partial charge in [0.15, 0.2) is 5.11 Å². The van der Waals surface area contributed by atoms with Gasteiger partial charge in [0.25, 0.3) is 0 Å². The second-order valence-corrected chi connectivity index (χ2v) is 5.06. The summed E-state index contributed by atoms with van der Waals surface area (Å²) in [5.74, 6) is 0.600. The molecule has 0 unspecified atom stereocenters. The number of methoxy groups -OCH3 is 1. The molecule has 0 heterocycles. The molecule has 0 aromatic heterocycles. The molecule has 0 saturated heterocycles. The monoisotopic (exact) mass is 353 g/mol. The summed E-state index contributed by atoms with van der Waals surface area (Å²) in [7, 11) is 1.53. The number of halogens is 3. The standard InChI is InChI=1S/C16H14F3N3OS/c1-23-14-8-3-2-7-13(14)21-15(24)22-20-10-11-5-4-6-12(9-11)16(17,18)19/h2-10H,1H3,(H2,21,22,24). The average Bonchev–Trinajstić information content (AvgIpc) is 2.55. The van der Waals surface area contributed by atoms with E-state index in [1.54, 1.807) is 18.2 Å². The van der Waals surface area contributed by atoms with Crippen LogP contribution in [0.15, 0.2) is 53.6 Å². The molecule has 0 atom stereocenters. The van der Waals surface area contributed by atoms with Gasteiger partial charge in [-0.2, -0.15) is 18.3 Å². The fraction of sp³-hybridized carbons (Fsp3) is 0.125. The van der Waals surface area contributed by atoms with E-state index in [4.69, 9.17) is 17.0 Å². The molecule has 0 radical (unpaired) electrons. The van der Waals surface area contributed by atoms with Gasteiger partial charge in [0.1, 0.15) is 5.75 Å². The Kier molecular flexibility index (Phi) is 5.75. The van der Waals surface area contributed by atoms with Crippen molar-refractivity contribution < 1.29 is 17.9 Å². The molecule has 0 saturated carbocycles. The third-order valence-electron chi connectivity index (χ3n) is 2.95. The number of nitrogens with zero attached hydrogens (tertiary/aromatic N) is 1. The lowest BCUT2D eigenvalue weighted by Gasteiger charge is -2.10. The summed E-state index contributed by atoms with van der Waals surface area (Å²) in [5, 5.41) is 6.90. The van der Waals surface area contributed by atoms with Crippen LogP contribution in [0, 0.1) is 0 Å². The number of hydrogen-bond acceptors (Lipinski definition) is 3. The summed E-state index contributed by atoms with van der Waals surface area (Å²) in [5.41, 5.74) is 2.76. The van der Waals surface area contributed by atoms with Crippen LogP contribution in [0.1, 0.15) is 11.1 Å². The largest absolute Gasteiger partial charge is 0.495 e. The maximum absolute atomic E-state index is 12.6. The Morgan fingerprint density at radius 1 is 1.17 bits per heavy atom. The molecule has 0 aliphatic heterocycles. The predicted molar refractivity (Wildman–Crippen MR) is 91.4 cm³/mol. The van der Waals surface area contributed by atoms with Crippen LogP contribution in [0.25, 0.3) is 0 Å². The molecular weight excluding hydrogens is 339 g/mol. The Labute approximate surface area is 142 Å². The Morgan fingerprint density at radius 3 is 2.62 bits per heavy atom. The van der Waals surface area contributed by atoms with Gasteiger partial charge in [-0.15, -0.1) is 0 Å². The zero-order valence-corrected chi connectivity index (χ0v) is 13.4. The molecule has 126 valence electrons. The number of hydrazone groups is 1. The highest BCUT2D eigenvalue weighted by Gasteiger charge is 2.30. The quantitative estimate of drug-likeness (QED) is 0.495. The van der Waals surface area contributed by atoms with E-state index in [1.807, 2.05) is 6.07 Å². The highest BCUT2D eigenvalue weighted by Crippen LogP contribution is 2.29. The summed E-state index contributed by atoms with van der Waals surface area (Å²) in [4.78, 5) is 0. The zero-order chi connectivity index (χ0) is 17.6. The van der Waals surface area contributed by atoms with Gasteiger partial charge in [-0.25, -0.2) is 0 Å². The van der Waals surface area contributed by atoms with E-state index in [9.17, 15) is 13.2 Å². The van der Waals surface area contributed by atoms with Crippen molar-refractivity contribution in [1.29, 1.82) is 0 Å². The molecule has 2 aromatic rings. The second kappa shape index (κ2) is 7.78. The van der Waals surface area contributed by atoms with Crippen LogP contribution < -0.4 is 15.5 Å². The van der Waals surface area contributed by atoms with Crippen LogP contribution in [-0.2, 0) is 6.18 Å². The third kappa shape index (κ3) is 4.95. The van der Waals surface area contributed by atoms with E-state index in [-0.39, 0.29) is 5.11 Å². The molecular formula is C16H14F3N3OS. The second-order valence-electron chi connectivity index (χ2n) is 4.65. The maximum atomic E-state index is 12.6. The molecule has 8 heteroatoms. The third-order valence-corrected chi connectivity index (χ3v) is 3.14. The van der Waals surface area contributed by atoms with Crippen LogP contribution in [0.3, 0.4) is 0 Å². The number of ether oxygens (including phenoxy) is 1. The number of anilines is 1. The SMILES string of the molecule is COc1ccccc1NC(=S)NN=Cc1cccc(C(F)(F)F)c1. The first kappa shape index (κ1) is 17.7. The Bertz CT molecular complexity index is 747. The van der Waals surface area contributed by atoms with E-state index < -0.39 is 11.7 Å². The molecule has 0 aliphatic carbocycles. The fourth-order valence-electron chi connectivity index (χ4n) is 1.86. The minimum Gasteiger partial charge on any atom is -0.495 e. The fourth-order valence-corrected chi connectivity index (χ4v) is 2.02. The van der Waals surface area contributed by atoms with Gasteiger partial charge >= 0.3 is 6.18 Å². The number of alkyl halides is 3. The molecule has 2 rings (SSSR count). The van der Waals surface area contributed by atoms with Crippen LogP contribution in [0.5, 0.6) is 5.75 Å². The van der Waals surface area contributed by atoms with Crippen molar-refractivity contribution in [2.75, 3.05) is 12.4 Å². The maximum Gasteiger partial charge on any atom is 0.416 e. The van der Waals surface area contributed by atoms with Gasteiger partial charge in [-0.1, -0.05) is 24.3 Å². The predicted octanol–water partition coefficient (Wildman–Crippen LogP) is 4.03. The lowest BCUT2D eigenvalue weighted by Crippen LogP contribution is -2.24. The van der Waals surface area contributed by atoms with E-state index in [0.29, 0.717) is 17.0 Å². The molecule has 0 bridgehead atoms. The van der Waals surface area contributed by atoms with Crippen molar-refractivity contribution >= 4 is 29.2 Å². The highest BCUT2D eigenvalue weighted by molar-refractivity contribution is 7.80. The molecule has 0 fully saturated rings. The molecule has 0 spiro atoms. The van der Waals surface area contributed by atoms with Crippen molar-refractivity contribution in [3.8, 4) is 5.75 Å². The minimum absolute atomic E-state index is 0.183. The van der Waals surface area contributed by atoms with Gasteiger partial charge in [-0.3, -0.25) is 5.43 Å². The molecule has 4 nitrogen and oxygen atoms in total. The van der Waals surface area contributed by atoms with E-state index >= 15 is 0 Å². The highest BCUT2D eigenvalue weighted by atomic mass is 32.1. The van der Waals surface area contributed by atoms with Crippen molar-refractivity contribution in [3.05, 3.63) is 59.7 Å². The Hall–Kier alpha value is -2.61. The van der Waals surface area contributed by atoms with Crippen LogP contribution in [0.2, 0.25) is 0 Å². The first-order valence-corrected chi connectivity index (χ1v) is 7.21. The summed E-state index contributed by atoms with van der Waals surface area (Å²) in [6.45, 7) is 0. The topological polar surface area (TPSA) is 45.6 Å². The van der Waals surface area contributed by atoms with Crippen molar-refractivity contribution in [2.45, 2.75) is 6.18 Å². The average molecular weight is 353 g/mol. The summed E-state index contributed by atoms with van der Waals surface area (Å²) >= 11 is 5.07. The molecule has 2 aromatic carbocycles. The van der Waals surface area contributed by atoms with Crippen LogP contribution in [0.4, 0.5) is 18.9 Å². The minimum atomic E-state index is -4.39. The summed E-state index contributed by atoms with van der Waals surface area (Å²) in [6, 6.07) is 12.0. The van der Waals surface area contributed by atoms with Crippen LogP contribution in [-0.4, -0.2) is 18.4 Å². The number of hydrogen-bond donors (Lipinski definition) is 2. The first-order valence-electron chi connectivity index (χ1n) is 6.80. The smallest absolute Gasteiger partial charge is 0.416 e. The number of benzene rings is 2. The number of rotatable bonds is 4. The lowest BCUT2D eigenvalue weighted by molar-refractivity contribution is -0.137. The van der Waals surface area contributed by atoms with E-state index in [0.717, 1.165) is 12.1 Å².